The summed E-state index contributed by atoms with van der Waals surface area (Å²) >= 11 is 0. The summed E-state index contributed by atoms with van der Waals surface area (Å²) < 4.78 is 28.1. The second-order valence-corrected chi connectivity index (χ2v) is 8.37. The molecule has 1 N–H and O–H groups in total. The van der Waals surface area contributed by atoms with E-state index in [0.717, 1.165) is 25.2 Å². The molecule has 1 aromatic heterocycles. The van der Waals surface area contributed by atoms with E-state index >= 15 is 0 Å². The van der Waals surface area contributed by atoms with Crippen LogP contribution < -0.4 is 5.32 Å². The van der Waals surface area contributed by atoms with Gasteiger partial charge in [-0.25, -0.2) is 9.97 Å². The van der Waals surface area contributed by atoms with Crippen LogP contribution in [0.15, 0.2) is 6.07 Å². The zero-order chi connectivity index (χ0) is 18.6. The maximum Gasteiger partial charge on any atom is 0.282 e. The van der Waals surface area contributed by atoms with Crippen LogP contribution in [0.2, 0.25) is 0 Å². The summed E-state index contributed by atoms with van der Waals surface area (Å²) in [5.74, 6) is 1.48. The van der Waals surface area contributed by atoms with Crippen molar-refractivity contribution < 1.29 is 8.42 Å². The first-order valence-electron chi connectivity index (χ1n) is 8.80. The maximum atomic E-state index is 12.6. The summed E-state index contributed by atoms with van der Waals surface area (Å²) in [4.78, 5) is 11.5. The highest BCUT2D eigenvalue weighted by Crippen LogP contribution is 2.29. The van der Waals surface area contributed by atoms with Gasteiger partial charge in [0.1, 0.15) is 11.6 Å². The molecule has 0 aromatic carbocycles. The van der Waals surface area contributed by atoms with E-state index in [4.69, 9.17) is 0 Å². The molecule has 2 rings (SSSR count). The number of nitrogens with zero attached hydrogens (tertiary/aromatic N) is 5. The molecule has 0 radical (unpaired) electrons. The maximum absolute atomic E-state index is 12.6. The number of anilines is 1. The fourth-order valence-corrected chi connectivity index (χ4v) is 4.51. The minimum atomic E-state index is -3.49. The molecule has 0 saturated carbocycles. The van der Waals surface area contributed by atoms with Crippen molar-refractivity contribution in [3.8, 4) is 0 Å². The van der Waals surface area contributed by atoms with E-state index in [1.807, 2.05) is 27.0 Å². The van der Waals surface area contributed by atoms with Gasteiger partial charge in [-0.1, -0.05) is 13.8 Å². The largest absolute Gasteiger partial charge is 0.373 e. The SMILES string of the molecule is CCN(CC)S(=O)(=O)N(C)Cc1cc(NC)nc([C@@H]2CCCN2C)n1. The quantitative estimate of drug-likeness (QED) is 0.743. The Balaban J connectivity index is 2.26. The lowest BCUT2D eigenvalue weighted by molar-refractivity contribution is 0.304. The van der Waals surface area contributed by atoms with Crippen molar-refractivity contribution in [3.63, 3.8) is 0 Å². The van der Waals surface area contributed by atoms with Gasteiger partial charge in [-0.05, 0) is 26.4 Å². The van der Waals surface area contributed by atoms with Crippen LogP contribution in [0.5, 0.6) is 0 Å². The number of likely N-dealkylation sites (tertiary alicyclic amines) is 1. The zero-order valence-corrected chi connectivity index (χ0v) is 16.7. The summed E-state index contributed by atoms with van der Waals surface area (Å²) in [6.07, 6.45) is 2.15. The van der Waals surface area contributed by atoms with Crippen LogP contribution in [0.1, 0.15) is 44.2 Å². The summed E-state index contributed by atoms with van der Waals surface area (Å²) in [5, 5.41) is 3.06. The molecule has 1 fully saturated rings. The predicted molar refractivity (Wildman–Crippen MR) is 99.5 cm³/mol. The van der Waals surface area contributed by atoms with Crippen LogP contribution in [0, 0.1) is 0 Å². The van der Waals surface area contributed by atoms with E-state index in [1.54, 1.807) is 7.05 Å². The topological polar surface area (TPSA) is 81.7 Å². The van der Waals surface area contributed by atoms with E-state index < -0.39 is 10.2 Å². The minimum Gasteiger partial charge on any atom is -0.373 e. The highest BCUT2D eigenvalue weighted by atomic mass is 32.2. The molecule has 1 aromatic rings. The van der Waals surface area contributed by atoms with E-state index in [0.29, 0.717) is 24.6 Å². The van der Waals surface area contributed by atoms with Crippen molar-refractivity contribution in [2.75, 3.05) is 46.1 Å². The molecule has 2 heterocycles. The van der Waals surface area contributed by atoms with Gasteiger partial charge in [0.15, 0.2) is 0 Å². The first kappa shape index (κ1) is 20.0. The molecular formula is C16H30N6O2S. The van der Waals surface area contributed by atoms with E-state index in [1.165, 1.54) is 8.61 Å². The van der Waals surface area contributed by atoms with Crippen LogP contribution in [0.3, 0.4) is 0 Å². The lowest BCUT2D eigenvalue weighted by Gasteiger charge is -2.26. The van der Waals surface area contributed by atoms with Gasteiger partial charge in [0.2, 0.25) is 0 Å². The molecule has 0 bridgehead atoms. The first-order valence-corrected chi connectivity index (χ1v) is 10.2. The van der Waals surface area contributed by atoms with Crippen molar-refractivity contribution >= 4 is 16.0 Å². The molecule has 25 heavy (non-hydrogen) atoms. The zero-order valence-electron chi connectivity index (χ0n) is 15.9. The number of rotatable bonds is 8. The summed E-state index contributed by atoms with van der Waals surface area (Å²) in [6.45, 7) is 5.84. The van der Waals surface area contributed by atoms with Crippen molar-refractivity contribution in [3.05, 3.63) is 17.6 Å². The van der Waals surface area contributed by atoms with E-state index in [9.17, 15) is 8.42 Å². The Kier molecular flexibility index (Phi) is 6.72. The number of aromatic nitrogens is 2. The first-order chi connectivity index (χ1) is 11.8. The second kappa shape index (κ2) is 8.39. The third-order valence-electron chi connectivity index (χ3n) is 4.68. The molecule has 0 aliphatic carbocycles. The van der Waals surface area contributed by atoms with E-state index in [2.05, 4.69) is 27.2 Å². The third-order valence-corrected chi connectivity index (χ3v) is 6.77. The Labute approximate surface area is 151 Å². The molecule has 0 unspecified atom stereocenters. The lowest BCUT2D eigenvalue weighted by Crippen LogP contribution is -2.41. The van der Waals surface area contributed by atoms with Gasteiger partial charge in [-0.2, -0.15) is 17.0 Å². The molecule has 1 saturated heterocycles. The molecular weight excluding hydrogens is 340 g/mol. The lowest BCUT2D eigenvalue weighted by atomic mass is 10.2. The van der Waals surface area contributed by atoms with Gasteiger partial charge in [0.25, 0.3) is 10.2 Å². The van der Waals surface area contributed by atoms with Gasteiger partial charge < -0.3 is 5.32 Å². The summed E-state index contributed by atoms with van der Waals surface area (Å²) in [6, 6.07) is 2.00. The number of hydrogen-bond acceptors (Lipinski definition) is 6. The average Bonchev–Trinajstić information content (AvgIpc) is 3.01. The van der Waals surface area contributed by atoms with Crippen LogP contribution >= 0.6 is 0 Å². The Bertz CT molecular complexity index is 677. The molecule has 0 spiro atoms. The molecule has 0 amide bonds. The van der Waals surface area contributed by atoms with Crippen molar-refractivity contribution in [2.45, 2.75) is 39.3 Å². The molecule has 8 nitrogen and oxygen atoms in total. The highest BCUT2D eigenvalue weighted by Gasteiger charge is 2.28. The summed E-state index contributed by atoms with van der Waals surface area (Å²) in [7, 11) is 1.99. The van der Waals surface area contributed by atoms with Gasteiger partial charge in [0.05, 0.1) is 18.3 Å². The van der Waals surface area contributed by atoms with Crippen molar-refractivity contribution in [2.24, 2.45) is 0 Å². The molecule has 1 aliphatic heterocycles. The Morgan fingerprint density at radius 2 is 2.00 bits per heavy atom. The standard InChI is InChI=1S/C16H30N6O2S/c1-6-22(7-2)25(23,24)21(5)12-13-11-15(17-3)19-16(18-13)14-9-8-10-20(14)4/h11,14H,6-10,12H2,1-5H3,(H,17,18,19)/t14-/m0/s1. The van der Waals surface area contributed by atoms with Gasteiger partial charge in [0, 0.05) is 33.3 Å². The van der Waals surface area contributed by atoms with Gasteiger partial charge in [-0.15, -0.1) is 0 Å². The van der Waals surface area contributed by atoms with Crippen LogP contribution in [-0.4, -0.2) is 72.7 Å². The van der Waals surface area contributed by atoms with Gasteiger partial charge >= 0.3 is 0 Å². The Morgan fingerprint density at radius 1 is 1.32 bits per heavy atom. The fourth-order valence-electron chi connectivity index (χ4n) is 3.17. The third kappa shape index (κ3) is 4.46. The molecule has 142 valence electrons. The average molecular weight is 371 g/mol. The summed E-state index contributed by atoms with van der Waals surface area (Å²) in [5.41, 5.74) is 0.702. The number of nitrogens with one attached hydrogen (secondary N) is 1. The second-order valence-electron chi connectivity index (χ2n) is 6.34. The van der Waals surface area contributed by atoms with Crippen LogP contribution in [0.4, 0.5) is 5.82 Å². The van der Waals surface area contributed by atoms with Crippen molar-refractivity contribution in [1.29, 1.82) is 0 Å². The highest BCUT2D eigenvalue weighted by molar-refractivity contribution is 7.86. The molecule has 1 aliphatic rings. The monoisotopic (exact) mass is 370 g/mol. The normalized spacial score (nSPS) is 19.1. The van der Waals surface area contributed by atoms with Crippen molar-refractivity contribution in [1.82, 2.24) is 23.5 Å². The molecule has 1 atom stereocenters. The van der Waals surface area contributed by atoms with Gasteiger partial charge in [-0.3, -0.25) is 4.90 Å². The fraction of sp³-hybridized carbons (Fsp3) is 0.750. The Morgan fingerprint density at radius 3 is 2.52 bits per heavy atom. The number of hydrogen-bond donors (Lipinski definition) is 1. The molecule has 9 heteroatoms. The van der Waals surface area contributed by atoms with Crippen LogP contribution in [0.25, 0.3) is 0 Å². The Hall–Kier alpha value is -1.29. The smallest absolute Gasteiger partial charge is 0.282 e. The van der Waals surface area contributed by atoms with E-state index in [-0.39, 0.29) is 12.6 Å². The predicted octanol–water partition coefficient (Wildman–Crippen LogP) is 1.30. The minimum absolute atomic E-state index is 0.191. The van der Waals surface area contributed by atoms with Crippen LogP contribution in [-0.2, 0) is 16.8 Å².